The maximum atomic E-state index is 14.8. The van der Waals surface area contributed by atoms with Crippen molar-refractivity contribution >= 4 is 0 Å². The summed E-state index contributed by atoms with van der Waals surface area (Å²) in [6, 6.07) is 8.95. The lowest BCUT2D eigenvalue weighted by atomic mass is 9.92. The third-order valence-corrected chi connectivity index (χ3v) is 3.67. The maximum Gasteiger partial charge on any atom is 0.398 e. The van der Waals surface area contributed by atoms with Crippen molar-refractivity contribution in [3.8, 4) is 11.3 Å². The van der Waals surface area contributed by atoms with Crippen LogP contribution >= 0.6 is 0 Å². The highest BCUT2D eigenvalue weighted by Gasteiger charge is 2.42. The minimum Gasteiger partial charge on any atom is -0.386 e. The lowest BCUT2D eigenvalue weighted by Gasteiger charge is -2.24. The molecule has 0 amide bonds. The minimum absolute atomic E-state index is 0.243. The second-order valence-electron chi connectivity index (χ2n) is 6.01. The van der Waals surface area contributed by atoms with Crippen LogP contribution in [0.2, 0.25) is 0 Å². The number of hydrogen-bond acceptors (Lipinski definition) is 3. The zero-order chi connectivity index (χ0) is 18.1. The van der Waals surface area contributed by atoms with Crippen LogP contribution in [0.15, 0.2) is 36.4 Å². The summed E-state index contributed by atoms with van der Waals surface area (Å²) >= 11 is 0. The van der Waals surface area contributed by atoms with Gasteiger partial charge < -0.3 is 10.8 Å². The molecule has 0 aliphatic carbocycles. The van der Waals surface area contributed by atoms with Crippen molar-refractivity contribution in [2.24, 2.45) is 5.73 Å². The third kappa shape index (κ3) is 3.73. The molecule has 1 atom stereocenters. The van der Waals surface area contributed by atoms with Crippen LogP contribution in [0.4, 0.5) is 17.6 Å². The molecule has 0 saturated carbocycles. The standard InChI is InChI=1S/C17H18F4N2O/c1-16(2,24)11-8-13(12(9-22)17(19,20)21)23-15(14(11)18)10-6-4-3-5-7-10/h3-8,12,24H,9,22H2,1-2H3/t12-/m0/s1. The molecule has 0 fully saturated rings. The van der Waals surface area contributed by atoms with E-state index in [4.69, 9.17) is 5.73 Å². The van der Waals surface area contributed by atoms with Gasteiger partial charge in [0.2, 0.25) is 0 Å². The predicted molar refractivity (Wildman–Crippen MR) is 82.7 cm³/mol. The summed E-state index contributed by atoms with van der Waals surface area (Å²) in [4.78, 5) is 3.87. The highest BCUT2D eigenvalue weighted by atomic mass is 19.4. The summed E-state index contributed by atoms with van der Waals surface area (Å²) < 4.78 is 54.3. The van der Waals surface area contributed by atoms with Gasteiger partial charge in [-0.2, -0.15) is 13.2 Å². The lowest BCUT2D eigenvalue weighted by molar-refractivity contribution is -0.148. The Bertz CT molecular complexity index is 709. The number of rotatable bonds is 4. The molecule has 7 heteroatoms. The molecule has 2 rings (SSSR count). The smallest absolute Gasteiger partial charge is 0.386 e. The van der Waals surface area contributed by atoms with E-state index in [2.05, 4.69) is 4.98 Å². The number of aliphatic hydroxyl groups is 1. The van der Waals surface area contributed by atoms with E-state index in [1.807, 2.05) is 0 Å². The number of benzene rings is 1. The first-order valence-electron chi connectivity index (χ1n) is 7.31. The fourth-order valence-electron chi connectivity index (χ4n) is 2.38. The zero-order valence-electron chi connectivity index (χ0n) is 13.2. The number of nitrogens with zero attached hydrogens (tertiary/aromatic N) is 1. The van der Waals surface area contributed by atoms with E-state index in [1.54, 1.807) is 18.2 Å². The Morgan fingerprint density at radius 3 is 2.21 bits per heavy atom. The summed E-state index contributed by atoms with van der Waals surface area (Å²) in [6.07, 6.45) is -4.62. The first-order valence-corrected chi connectivity index (χ1v) is 7.31. The van der Waals surface area contributed by atoms with Crippen molar-refractivity contribution in [3.63, 3.8) is 0 Å². The van der Waals surface area contributed by atoms with Gasteiger partial charge in [0.1, 0.15) is 11.6 Å². The maximum absolute atomic E-state index is 14.8. The second-order valence-corrected chi connectivity index (χ2v) is 6.01. The SMILES string of the molecule is CC(C)(O)c1cc([C@H](CN)C(F)(F)F)nc(-c2ccccc2)c1F. The molecule has 0 saturated heterocycles. The number of nitrogens with two attached hydrogens (primary N) is 1. The summed E-state index contributed by atoms with van der Waals surface area (Å²) in [7, 11) is 0. The Balaban J connectivity index is 2.74. The molecular formula is C17H18F4N2O. The lowest BCUT2D eigenvalue weighted by Crippen LogP contribution is -2.30. The van der Waals surface area contributed by atoms with Gasteiger partial charge in [0.15, 0.2) is 5.82 Å². The van der Waals surface area contributed by atoms with Crippen LogP contribution in [0.1, 0.15) is 31.0 Å². The van der Waals surface area contributed by atoms with Gasteiger partial charge in [0.05, 0.1) is 11.3 Å². The Labute approximate surface area is 137 Å². The Hall–Kier alpha value is -1.99. The molecule has 0 radical (unpaired) electrons. The Morgan fingerprint density at radius 2 is 1.75 bits per heavy atom. The van der Waals surface area contributed by atoms with Crippen molar-refractivity contribution in [3.05, 3.63) is 53.5 Å². The van der Waals surface area contributed by atoms with E-state index < -0.39 is 35.8 Å². The highest BCUT2D eigenvalue weighted by molar-refractivity contribution is 5.61. The average Bonchev–Trinajstić information content (AvgIpc) is 2.47. The molecule has 0 bridgehead atoms. The van der Waals surface area contributed by atoms with Gasteiger partial charge in [-0.25, -0.2) is 9.37 Å². The van der Waals surface area contributed by atoms with Crippen molar-refractivity contribution in [1.82, 2.24) is 4.98 Å². The third-order valence-electron chi connectivity index (χ3n) is 3.67. The molecule has 0 aliphatic heterocycles. The molecule has 1 heterocycles. The van der Waals surface area contributed by atoms with Crippen LogP contribution in [-0.4, -0.2) is 22.8 Å². The molecule has 2 aromatic rings. The van der Waals surface area contributed by atoms with Crippen LogP contribution in [0.5, 0.6) is 0 Å². The summed E-state index contributed by atoms with van der Waals surface area (Å²) in [5, 5.41) is 10.1. The van der Waals surface area contributed by atoms with Crippen molar-refractivity contribution in [1.29, 1.82) is 0 Å². The molecule has 130 valence electrons. The fraction of sp³-hybridized carbons (Fsp3) is 0.353. The molecule has 1 aromatic heterocycles. The van der Waals surface area contributed by atoms with Gasteiger partial charge in [-0.05, 0) is 19.9 Å². The van der Waals surface area contributed by atoms with E-state index in [1.165, 1.54) is 26.0 Å². The molecule has 24 heavy (non-hydrogen) atoms. The Kier molecular flexibility index (Phi) is 4.96. The average molecular weight is 342 g/mol. The largest absolute Gasteiger partial charge is 0.398 e. The van der Waals surface area contributed by atoms with Gasteiger partial charge in [0.25, 0.3) is 0 Å². The highest BCUT2D eigenvalue weighted by Crippen LogP contribution is 2.37. The molecule has 0 aliphatic rings. The van der Waals surface area contributed by atoms with Gasteiger partial charge in [-0.3, -0.25) is 0 Å². The van der Waals surface area contributed by atoms with Crippen molar-refractivity contribution in [2.75, 3.05) is 6.54 Å². The topological polar surface area (TPSA) is 59.1 Å². The normalized spacial score (nSPS) is 13.8. The summed E-state index contributed by atoms with van der Waals surface area (Å²) in [5.41, 5.74) is 3.00. The van der Waals surface area contributed by atoms with E-state index in [0.717, 1.165) is 6.07 Å². The van der Waals surface area contributed by atoms with Gasteiger partial charge >= 0.3 is 6.18 Å². The van der Waals surface area contributed by atoms with Crippen LogP contribution in [0.25, 0.3) is 11.3 Å². The van der Waals surface area contributed by atoms with Crippen molar-refractivity contribution < 1.29 is 22.7 Å². The molecule has 0 unspecified atom stereocenters. The molecular weight excluding hydrogens is 324 g/mol. The minimum atomic E-state index is -4.62. The molecule has 3 nitrogen and oxygen atoms in total. The Morgan fingerprint density at radius 1 is 1.17 bits per heavy atom. The number of hydrogen-bond donors (Lipinski definition) is 2. The molecule has 0 spiro atoms. The molecule has 1 aromatic carbocycles. The summed E-state index contributed by atoms with van der Waals surface area (Å²) in [6.45, 7) is 1.88. The first kappa shape index (κ1) is 18.4. The van der Waals surface area contributed by atoms with E-state index in [9.17, 15) is 22.7 Å². The van der Waals surface area contributed by atoms with E-state index >= 15 is 0 Å². The van der Waals surface area contributed by atoms with Gasteiger partial charge in [-0.15, -0.1) is 0 Å². The fourth-order valence-corrected chi connectivity index (χ4v) is 2.38. The van der Waals surface area contributed by atoms with Crippen LogP contribution < -0.4 is 5.73 Å². The van der Waals surface area contributed by atoms with Gasteiger partial charge in [-0.1, -0.05) is 30.3 Å². The monoisotopic (exact) mass is 342 g/mol. The number of halogens is 4. The summed E-state index contributed by atoms with van der Waals surface area (Å²) in [5.74, 6) is -2.89. The quantitative estimate of drug-likeness (QED) is 0.833. The van der Waals surface area contributed by atoms with Crippen LogP contribution in [-0.2, 0) is 5.60 Å². The number of aromatic nitrogens is 1. The predicted octanol–water partition coefficient (Wildman–Crippen LogP) is 3.72. The van der Waals surface area contributed by atoms with Crippen LogP contribution in [0, 0.1) is 5.82 Å². The first-order chi connectivity index (χ1) is 11.1. The number of alkyl halides is 3. The van der Waals surface area contributed by atoms with Crippen LogP contribution in [0.3, 0.4) is 0 Å². The zero-order valence-corrected chi connectivity index (χ0v) is 13.2. The van der Waals surface area contributed by atoms with Crippen molar-refractivity contribution in [2.45, 2.75) is 31.5 Å². The van der Waals surface area contributed by atoms with E-state index in [-0.39, 0.29) is 11.3 Å². The second kappa shape index (κ2) is 6.49. The molecule has 3 N–H and O–H groups in total. The van der Waals surface area contributed by atoms with Gasteiger partial charge in [0, 0.05) is 17.7 Å². The van der Waals surface area contributed by atoms with E-state index in [0.29, 0.717) is 5.56 Å². The number of pyridine rings is 1.